The Kier molecular flexibility index (Phi) is 4.21. The second-order valence-electron chi connectivity index (χ2n) is 7.61. The summed E-state index contributed by atoms with van der Waals surface area (Å²) in [5.41, 5.74) is 0.588. The van der Waals surface area contributed by atoms with Gasteiger partial charge in [0.25, 0.3) is 5.91 Å². The van der Waals surface area contributed by atoms with Gasteiger partial charge in [-0.15, -0.1) is 0 Å². The Bertz CT molecular complexity index is 615. The number of carbonyl (C=O) groups is 1. The smallest absolute Gasteiger partial charge is 0.257 e. The molecule has 5 rings (SSSR count). The SMILES string of the molecule is COc1ccc(C(=O)NC(=S)NC2C3CC4CC(C3)CC2C4)cc1. The highest BCUT2D eigenvalue weighted by atomic mass is 32.1. The van der Waals surface area contributed by atoms with E-state index in [9.17, 15) is 4.79 Å². The van der Waals surface area contributed by atoms with Crippen molar-refractivity contribution in [2.75, 3.05) is 7.11 Å². The molecule has 4 aliphatic rings. The van der Waals surface area contributed by atoms with E-state index in [-0.39, 0.29) is 5.91 Å². The second kappa shape index (κ2) is 6.36. The fourth-order valence-electron chi connectivity index (χ4n) is 5.27. The standard InChI is InChI=1S/C19H24N2O2S/c1-23-16-4-2-13(3-5-16)18(22)21-19(24)20-17-14-7-11-6-12(9-14)10-15(17)8-11/h2-5,11-12,14-15,17H,6-10H2,1H3,(H2,20,21,22,24). The van der Waals surface area contributed by atoms with E-state index in [4.69, 9.17) is 17.0 Å². The van der Waals surface area contributed by atoms with Crippen molar-refractivity contribution in [3.05, 3.63) is 29.8 Å². The van der Waals surface area contributed by atoms with Gasteiger partial charge in [0.05, 0.1) is 7.11 Å². The largest absolute Gasteiger partial charge is 0.497 e. The van der Waals surface area contributed by atoms with E-state index < -0.39 is 0 Å². The lowest BCUT2D eigenvalue weighted by molar-refractivity contribution is -0.00692. The van der Waals surface area contributed by atoms with Crippen LogP contribution in [0.1, 0.15) is 42.5 Å². The van der Waals surface area contributed by atoms with Gasteiger partial charge in [-0.2, -0.15) is 0 Å². The van der Waals surface area contributed by atoms with E-state index in [1.165, 1.54) is 32.1 Å². The first-order valence-corrected chi connectivity index (χ1v) is 9.29. The van der Waals surface area contributed by atoms with Gasteiger partial charge >= 0.3 is 0 Å². The van der Waals surface area contributed by atoms with Crippen LogP contribution in [0, 0.1) is 23.7 Å². The van der Waals surface area contributed by atoms with E-state index in [1.807, 2.05) is 0 Å². The Balaban J connectivity index is 1.35. The van der Waals surface area contributed by atoms with Gasteiger partial charge in [0, 0.05) is 11.6 Å². The molecule has 1 amide bonds. The van der Waals surface area contributed by atoms with Gasteiger partial charge in [-0.1, -0.05) is 0 Å². The van der Waals surface area contributed by atoms with Gasteiger partial charge < -0.3 is 10.1 Å². The third-order valence-electron chi connectivity index (χ3n) is 6.10. The van der Waals surface area contributed by atoms with Crippen molar-refractivity contribution >= 4 is 23.2 Å². The highest BCUT2D eigenvalue weighted by Crippen LogP contribution is 2.53. The molecule has 4 nitrogen and oxygen atoms in total. The zero-order valence-corrected chi connectivity index (χ0v) is 14.8. The molecule has 4 bridgehead atoms. The molecule has 0 aliphatic heterocycles. The molecule has 0 unspecified atom stereocenters. The first kappa shape index (κ1) is 15.9. The number of carbonyl (C=O) groups excluding carboxylic acids is 1. The molecule has 0 atom stereocenters. The number of ether oxygens (including phenoxy) is 1. The molecule has 0 aromatic heterocycles. The predicted molar refractivity (Wildman–Crippen MR) is 97.0 cm³/mol. The lowest BCUT2D eigenvalue weighted by atomic mass is 9.54. The van der Waals surface area contributed by atoms with Gasteiger partial charge in [-0.25, -0.2) is 0 Å². The van der Waals surface area contributed by atoms with Crippen LogP contribution in [-0.4, -0.2) is 24.2 Å². The molecule has 4 saturated carbocycles. The van der Waals surface area contributed by atoms with Crippen LogP contribution in [0.2, 0.25) is 0 Å². The predicted octanol–water partition coefficient (Wildman–Crippen LogP) is 3.12. The van der Waals surface area contributed by atoms with Crippen molar-refractivity contribution in [3.63, 3.8) is 0 Å². The molecule has 0 saturated heterocycles. The highest BCUT2D eigenvalue weighted by Gasteiger charge is 2.48. The van der Waals surface area contributed by atoms with E-state index in [0.29, 0.717) is 16.7 Å². The van der Waals surface area contributed by atoms with Crippen molar-refractivity contribution in [1.29, 1.82) is 0 Å². The van der Waals surface area contributed by atoms with Crippen molar-refractivity contribution in [2.24, 2.45) is 23.7 Å². The van der Waals surface area contributed by atoms with Gasteiger partial charge in [0.1, 0.15) is 5.75 Å². The van der Waals surface area contributed by atoms with Crippen molar-refractivity contribution in [2.45, 2.75) is 38.1 Å². The summed E-state index contributed by atoms with van der Waals surface area (Å²) >= 11 is 5.41. The Morgan fingerprint density at radius 2 is 1.62 bits per heavy atom. The Hall–Kier alpha value is -1.62. The molecule has 24 heavy (non-hydrogen) atoms. The third kappa shape index (κ3) is 3.02. The molecular weight excluding hydrogens is 320 g/mol. The number of thiocarbonyl (C=S) groups is 1. The molecule has 0 radical (unpaired) electrons. The van der Waals surface area contributed by atoms with Crippen LogP contribution in [0.4, 0.5) is 0 Å². The van der Waals surface area contributed by atoms with Crippen LogP contribution in [0.3, 0.4) is 0 Å². The van der Waals surface area contributed by atoms with Crippen LogP contribution >= 0.6 is 12.2 Å². The summed E-state index contributed by atoms with van der Waals surface area (Å²) in [6.07, 6.45) is 6.77. The zero-order valence-electron chi connectivity index (χ0n) is 14.0. The number of benzene rings is 1. The number of amides is 1. The lowest BCUT2D eigenvalue weighted by Gasteiger charge is -2.54. The molecule has 4 fully saturated rings. The van der Waals surface area contributed by atoms with E-state index in [0.717, 1.165) is 29.4 Å². The van der Waals surface area contributed by atoms with Crippen molar-refractivity contribution in [1.82, 2.24) is 10.6 Å². The maximum absolute atomic E-state index is 12.3. The molecule has 1 aromatic carbocycles. The number of hydrogen-bond donors (Lipinski definition) is 2. The minimum absolute atomic E-state index is 0.168. The number of rotatable bonds is 3. The molecule has 0 heterocycles. The van der Waals surface area contributed by atoms with E-state index in [1.54, 1.807) is 31.4 Å². The van der Waals surface area contributed by atoms with E-state index >= 15 is 0 Å². The summed E-state index contributed by atoms with van der Waals surface area (Å²) in [6, 6.07) is 7.51. The van der Waals surface area contributed by atoms with Crippen molar-refractivity contribution < 1.29 is 9.53 Å². The summed E-state index contributed by atoms with van der Waals surface area (Å²) in [7, 11) is 1.61. The molecule has 5 heteroatoms. The zero-order chi connectivity index (χ0) is 16.7. The van der Waals surface area contributed by atoms with Gasteiger partial charge in [0.2, 0.25) is 0 Å². The molecule has 4 aliphatic carbocycles. The molecule has 1 aromatic rings. The normalized spacial score (nSPS) is 33.1. The quantitative estimate of drug-likeness (QED) is 0.827. The van der Waals surface area contributed by atoms with Crippen LogP contribution < -0.4 is 15.4 Å². The second-order valence-corrected chi connectivity index (χ2v) is 8.02. The Labute approximate surface area is 148 Å². The summed E-state index contributed by atoms with van der Waals surface area (Å²) in [4.78, 5) is 12.3. The first-order valence-electron chi connectivity index (χ1n) is 8.88. The molecule has 128 valence electrons. The van der Waals surface area contributed by atoms with Gasteiger partial charge in [-0.3, -0.25) is 10.1 Å². The maximum atomic E-state index is 12.3. The first-order chi connectivity index (χ1) is 11.6. The number of methoxy groups -OCH3 is 1. The van der Waals surface area contributed by atoms with Gasteiger partial charge in [-0.05, 0) is 92.3 Å². The molecule has 2 N–H and O–H groups in total. The topological polar surface area (TPSA) is 50.4 Å². The fraction of sp³-hybridized carbons (Fsp3) is 0.579. The lowest BCUT2D eigenvalue weighted by Crippen LogP contribution is -2.57. The monoisotopic (exact) mass is 344 g/mol. The highest BCUT2D eigenvalue weighted by molar-refractivity contribution is 7.80. The summed E-state index contributed by atoms with van der Waals surface area (Å²) < 4.78 is 5.12. The third-order valence-corrected chi connectivity index (χ3v) is 6.32. The molecule has 0 spiro atoms. The maximum Gasteiger partial charge on any atom is 0.257 e. The van der Waals surface area contributed by atoms with Crippen LogP contribution in [-0.2, 0) is 0 Å². The molecular formula is C19H24N2O2S. The fourth-order valence-corrected chi connectivity index (χ4v) is 5.49. The average Bonchev–Trinajstić information content (AvgIpc) is 2.57. The number of nitrogens with one attached hydrogen (secondary N) is 2. The van der Waals surface area contributed by atoms with E-state index in [2.05, 4.69) is 10.6 Å². The van der Waals surface area contributed by atoms with Crippen LogP contribution in [0.15, 0.2) is 24.3 Å². The van der Waals surface area contributed by atoms with Crippen LogP contribution in [0.5, 0.6) is 5.75 Å². The average molecular weight is 344 g/mol. The summed E-state index contributed by atoms with van der Waals surface area (Å²) in [5.74, 6) is 3.91. The summed E-state index contributed by atoms with van der Waals surface area (Å²) in [5, 5.41) is 6.76. The summed E-state index contributed by atoms with van der Waals surface area (Å²) in [6.45, 7) is 0. The minimum Gasteiger partial charge on any atom is -0.497 e. The number of hydrogen-bond acceptors (Lipinski definition) is 3. The van der Waals surface area contributed by atoms with Crippen LogP contribution in [0.25, 0.3) is 0 Å². The Morgan fingerprint density at radius 1 is 1.04 bits per heavy atom. The van der Waals surface area contributed by atoms with Gasteiger partial charge in [0.15, 0.2) is 5.11 Å². The minimum atomic E-state index is -0.168. The Morgan fingerprint density at radius 3 is 2.17 bits per heavy atom. The van der Waals surface area contributed by atoms with Crippen molar-refractivity contribution in [3.8, 4) is 5.75 Å².